The summed E-state index contributed by atoms with van der Waals surface area (Å²) in [7, 11) is 1.60. The molecule has 0 saturated heterocycles. The van der Waals surface area contributed by atoms with Gasteiger partial charge in [0.15, 0.2) is 6.21 Å². The number of hydrogen-bond acceptors (Lipinski definition) is 1. The van der Waals surface area contributed by atoms with Gasteiger partial charge in [-0.25, -0.2) is 4.99 Å². The van der Waals surface area contributed by atoms with Crippen LogP contribution in [0.4, 0.5) is 18.9 Å². The number of aromatic nitrogens is 1. The number of methoxy groups -OCH3 is 1. The lowest BCUT2D eigenvalue weighted by atomic mass is 9.89. The first-order chi connectivity index (χ1) is 15.0. The molecule has 3 aromatic carbocycles. The van der Waals surface area contributed by atoms with Crippen LogP contribution in [0.3, 0.4) is 0 Å². The smallest absolute Gasteiger partial charge is 0.416 e. The maximum atomic E-state index is 13.1. The first-order valence-corrected chi connectivity index (χ1v) is 9.72. The molecule has 0 radical (unpaired) electrons. The van der Waals surface area contributed by atoms with E-state index in [1.165, 1.54) is 12.1 Å². The second-order valence-electron chi connectivity index (χ2n) is 7.31. The van der Waals surface area contributed by atoms with Crippen LogP contribution in [0.2, 0.25) is 0 Å². The molecule has 162 valence electrons. The van der Waals surface area contributed by atoms with Crippen LogP contribution in [0.25, 0.3) is 22.0 Å². The Morgan fingerprint density at radius 3 is 2.44 bits per heavy atom. The van der Waals surface area contributed by atoms with Crippen LogP contribution < -0.4 is 22.1 Å². The molecule has 3 nitrogen and oxygen atoms in total. The third-order valence-corrected chi connectivity index (χ3v) is 5.52. The number of allylic oxidation sites excluding steroid dienone is 1. The molecule has 32 heavy (non-hydrogen) atoms. The zero-order chi connectivity index (χ0) is 21.6. The van der Waals surface area contributed by atoms with Crippen molar-refractivity contribution < 1.29 is 35.3 Å². The summed E-state index contributed by atoms with van der Waals surface area (Å²) < 4.78 is 44.8. The lowest BCUT2D eigenvalue weighted by Gasteiger charge is -2.13. The highest BCUT2D eigenvalue weighted by atomic mass is 35.5. The Labute approximate surface area is 188 Å². The number of para-hydroxylation sites is 1. The van der Waals surface area contributed by atoms with Crippen LogP contribution >= 0.6 is 0 Å². The molecule has 0 atom stereocenters. The summed E-state index contributed by atoms with van der Waals surface area (Å²) in [5.74, 6) is 0.707. The number of benzene rings is 3. The third kappa shape index (κ3) is 3.67. The second-order valence-corrected chi connectivity index (χ2v) is 7.31. The lowest BCUT2D eigenvalue weighted by molar-refractivity contribution is -0.342. The summed E-state index contributed by atoms with van der Waals surface area (Å²) in [5, 5.41) is 0.995. The molecule has 2 N–H and O–H groups in total. The Morgan fingerprint density at radius 1 is 0.969 bits per heavy atom. The molecular weight excluding hydrogens is 437 g/mol. The molecule has 1 aliphatic heterocycles. The van der Waals surface area contributed by atoms with Gasteiger partial charge in [0.1, 0.15) is 5.75 Å². The van der Waals surface area contributed by atoms with Gasteiger partial charge in [-0.05, 0) is 35.9 Å². The second kappa shape index (κ2) is 8.20. The van der Waals surface area contributed by atoms with Gasteiger partial charge in [-0.2, -0.15) is 13.2 Å². The summed E-state index contributed by atoms with van der Waals surface area (Å²) in [6.07, 6.45) is -0.594. The minimum atomic E-state index is -4.38. The third-order valence-electron chi connectivity index (χ3n) is 5.52. The van der Waals surface area contributed by atoms with E-state index in [-0.39, 0.29) is 12.4 Å². The Kier molecular flexibility index (Phi) is 5.57. The first-order valence-electron chi connectivity index (χ1n) is 9.72. The van der Waals surface area contributed by atoms with Crippen molar-refractivity contribution in [3.05, 3.63) is 95.2 Å². The monoisotopic (exact) mass is 454 g/mol. The van der Waals surface area contributed by atoms with Gasteiger partial charge in [-0.15, -0.1) is 0 Å². The predicted octanol–water partition coefficient (Wildman–Crippen LogP) is 1.95. The van der Waals surface area contributed by atoms with E-state index >= 15 is 0 Å². The van der Waals surface area contributed by atoms with Crippen molar-refractivity contribution in [2.24, 2.45) is 0 Å². The molecule has 0 fully saturated rings. The Morgan fingerprint density at radius 2 is 1.72 bits per heavy atom. The molecule has 0 saturated carbocycles. The van der Waals surface area contributed by atoms with E-state index in [2.05, 4.69) is 9.98 Å². The number of H-pyrrole nitrogens is 1. The fourth-order valence-corrected chi connectivity index (χ4v) is 3.99. The highest BCUT2D eigenvalue weighted by Gasteiger charge is 2.31. The van der Waals surface area contributed by atoms with Gasteiger partial charge in [0.25, 0.3) is 0 Å². The fourth-order valence-electron chi connectivity index (χ4n) is 3.99. The topological polar surface area (TPSA) is 39.0 Å². The van der Waals surface area contributed by atoms with Gasteiger partial charge in [0.05, 0.1) is 23.8 Å². The standard InChI is InChI=1S/C25H17F3N2O.ClH/c1-31-17-10-11-23-19(12-17)21(14-30-23)24(15-6-8-16(9-7-15)25(26,27)28)20-13-29-22-5-3-2-4-18(20)22;/h2-14,29H,1H3;1H. The van der Waals surface area contributed by atoms with Gasteiger partial charge in [-0.1, -0.05) is 30.3 Å². The SMILES string of the molecule is COc1ccc2c(c1)C(=C(c1ccc(C(F)(F)F)cc1)c1c[nH]c3ccccc13)C=[NH+]2.[Cl-]. The number of fused-ring (bicyclic) bond motifs is 2. The van der Waals surface area contributed by atoms with Gasteiger partial charge in [0.2, 0.25) is 5.69 Å². The molecule has 1 aliphatic rings. The van der Waals surface area contributed by atoms with Gasteiger partial charge in [-0.3, -0.25) is 0 Å². The normalized spacial score (nSPS) is 14.2. The molecule has 1 aromatic heterocycles. The number of halogens is 4. The van der Waals surface area contributed by atoms with Crippen LogP contribution in [-0.2, 0) is 6.18 Å². The van der Waals surface area contributed by atoms with Crippen molar-refractivity contribution in [2.75, 3.05) is 7.11 Å². The van der Waals surface area contributed by atoms with E-state index < -0.39 is 11.7 Å². The summed E-state index contributed by atoms with van der Waals surface area (Å²) in [5.41, 5.74) is 5.47. The lowest BCUT2D eigenvalue weighted by Crippen LogP contribution is -3.00. The Bertz CT molecular complexity index is 1350. The molecule has 0 amide bonds. The number of rotatable bonds is 3. The average Bonchev–Trinajstić information content (AvgIpc) is 3.38. The van der Waals surface area contributed by atoms with E-state index in [9.17, 15) is 13.2 Å². The van der Waals surface area contributed by atoms with Crippen LogP contribution in [0.5, 0.6) is 5.75 Å². The summed E-state index contributed by atoms with van der Waals surface area (Å²) in [6, 6.07) is 18.9. The van der Waals surface area contributed by atoms with Crippen molar-refractivity contribution in [3.8, 4) is 5.75 Å². The van der Waals surface area contributed by atoms with Crippen molar-refractivity contribution >= 4 is 34.0 Å². The molecule has 4 aromatic rings. The Balaban J connectivity index is 0.00000245. The zero-order valence-electron chi connectivity index (χ0n) is 16.9. The molecule has 0 spiro atoms. The van der Waals surface area contributed by atoms with E-state index in [4.69, 9.17) is 4.74 Å². The molecule has 5 rings (SSSR count). The largest absolute Gasteiger partial charge is 1.00 e. The van der Waals surface area contributed by atoms with Crippen molar-refractivity contribution in [1.29, 1.82) is 0 Å². The molecule has 0 bridgehead atoms. The van der Waals surface area contributed by atoms with E-state index in [1.807, 2.05) is 54.9 Å². The minimum Gasteiger partial charge on any atom is -1.00 e. The maximum absolute atomic E-state index is 13.1. The minimum absolute atomic E-state index is 0. The number of ether oxygens (including phenoxy) is 1. The van der Waals surface area contributed by atoms with Crippen molar-refractivity contribution in [3.63, 3.8) is 0 Å². The quantitative estimate of drug-likeness (QED) is 0.488. The van der Waals surface area contributed by atoms with E-state index in [0.717, 1.165) is 51.0 Å². The molecule has 0 unspecified atom stereocenters. The molecular formula is C25H18ClF3N2O. The predicted molar refractivity (Wildman–Crippen MR) is 115 cm³/mol. The van der Waals surface area contributed by atoms with E-state index in [0.29, 0.717) is 11.3 Å². The van der Waals surface area contributed by atoms with Crippen LogP contribution in [-0.4, -0.2) is 18.3 Å². The average molecular weight is 455 g/mol. The van der Waals surface area contributed by atoms with Gasteiger partial charge < -0.3 is 22.1 Å². The van der Waals surface area contributed by atoms with Crippen molar-refractivity contribution in [1.82, 2.24) is 4.98 Å². The van der Waals surface area contributed by atoms with Gasteiger partial charge >= 0.3 is 6.18 Å². The highest BCUT2D eigenvalue weighted by molar-refractivity contribution is 6.24. The number of aromatic amines is 1. The highest BCUT2D eigenvalue weighted by Crippen LogP contribution is 2.39. The van der Waals surface area contributed by atoms with Crippen LogP contribution in [0.15, 0.2) is 72.9 Å². The summed E-state index contributed by atoms with van der Waals surface area (Å²) in [4.78, 5) is 6.54. The number of hydrogen-bond donors (Lipinski definition) is 2. The van der Waals surface area contributed by atoms with Crippen molar-refractivity contribution in [2.45, 2.75) is 6.18 Å². The maximum Gasteiger partial charge on any atom is 0.416 e. The van der Waals surface area contributed by atoms with Gasteiger partial charge in [0, 0.05) is 34.3 Å². The summed E-state index contributed by atoms with van der Waals surface area (Å²) in [6.45, 7) is 0. The fraction of sp³-hybridized carbons (Fsp3) is 0.0800. The molecule has 0 aliphatic carbocycles. The first kappa shape index (κ1) is 21.7. The Hall–Kier alpha value is -3.51. The molecule has 2 heterocycles. The van der Waals surface area contributed by atoms with Crippen LogP contribution in [0, 0.1) is 0 Å². The van der Waals surface area contributed by atoms with E-state index in [1.54, 1.807) is 7.11 Å². The molecule has 7 heteroatoms. The zero-order valence-corrected chi connectivity index (χ0v) is 17.7. The summed E-state index contributed by atoms with van der Waals surface area (Å²) >= 11 is 0. The number of alkyl halides is 3. The number of nitrogens with one attached hydrogen (secondary N) is 2. The van der Waals surface area contributed by atoms with Crippen LogP contribution in [0.1, 0.15) is 22.3 Å².